The summed E-state index contributed by atoms with van der Waals surface area (Å²) >= 11 is 0. The van der Waals surface area contributed by atoms with E-state index in [0.29, 0.717) is 29.4 Å². The number of allylic oxidation sites excluding steroid dienone is 1. The fourth-order valence-electron chi connectivity index (χ4n) is 4.30. The zero-order chi connectivity index (χ0) is 29.4. The first-order chi connectivity index (χ1) is 19.1. The number of rotatable bonds is 12. The van der Waals surface area contributed by atoms with Gasteiger partial charge in [0.05, 0.1) is 38.7 Å². The van der Waals surface area contributed by atoms with Crippen molar-refractivity contribution in [2.45, 2.75) is 52.8 Å². The van der Waals surface area contributed by atoms with Gasteiger partial charge in [-0.1, -0.05) is 19.9 Å². The minimum Gasteiger partial charge on any atom is -0.496 e. The van der Waals surface area contributed by atoms with Gasteiger partial charge in [-0.25, -0.2) is 9.59 Å². The van der Waals surface area contributed by atoms with Crippen molar-refractivity contribution in [1.82, 2.24) is 16.1 Å². The van der Waals surface area contributed by atoms with Crippen LogP contribution in [0.2, 0.25) is 0 Å². The van der Waals surface area contributed by atoms with Crippen molar-refractivity contribution in [2.75, 3.05) is 27.4 Å². The van der Waals surface area contributed by atoms with Gasteiger partial charge < -0.3 is 34.7 Å². The van der Waals surface area contributed by atoms with Crippen LogP contribution < -0.4 is 30.3 Å². The smallest absolute Gasteiger partial charge is 0.337 e. The van der Waals surface area contributed by atoms with Crippen LogP contribution in [0.3, 0.4) is 0 Å². The number of aliphatic hydroxyl groups excluding tert-OH is 1. The average molecular weight is 555 g/mol. The number of hydrogen-bond donors (Lipinski definition) is 4. The molecule has 0 unspecified atom stereocenters. The third-order valence-electron chi connectivity index (χ3n) is 6.34. The summed E-state index contributed by atoms with van der Waals surface area (Å²) in [5.41, 5.74) is 6.92. The van der Waals surface area contributed by atoms with Crippen molar-refractivity contribution in [3.8, 4) is 17.2 Å². The van der Waals surface area contributed by atoms with Gasteiger partial charge in [0.2, 0.25) is 0 Å². The number of nitrogens with one attached hydrogen (secondary N) is 3. The maximum absolute atomic E-state index is 12.4. The van der Waals surface area contributed by atoms with E-state index in [0.717, 1.165) is 22.4 Å². The van der Waals surface area contributed by atoms with Crippen molar-refractivity contribution in [3.63, 3.8) is 0 Å². The molecule has 2 atom stereocenters. The third kappa shape index (κ3) is 7.23. The molecular formula is C29H38N4O7. The van der Waals surface area contributed by atoms with E-state index >= 15 is 0 Å². The van der Waals surface area contributed by atoms with E-state index in [9.17, 15) is 14.7 Å². The first-order valence-electron chi connectivity index (χ1n) is 13.0. The van der Waals surface area contributed by atoms with Gasteiger partial charge in [0, 0.05) is 5.70 Å². The Morgan fingerprint density at radius 1 is 1.12 bits per heavy atom. The number of aliphatic hydroxyl groups is 1. The topological polar surface area (TPSA) is 140 Å². The summed E-state index contributed by atoms with van der Waals surface area (Å²) in [5.74, 6) is 1.31. The number of benzene rings is 2. The van der Waals surface area contributed by atoms with E-state index in [4.69, 9.17) is 18.9 Å². The van der Waals surface area contributed by atoms with Crippen molar-refractivity contribution < 1.29 is 33.6 Å². The van der Waals surface area contributed by atoms with Crippen LogP contribution in [-0.2, 0) is 9.53 Å². The summed E-state index contributed by atoms with van der Waals surface area (Å²) in [6.07, 6.45) is 0.542. The fourth-order valence-corrected chi connectivity index (χ4v) is 4.30. The van der Waals surface area contributed by atoms with Crippen LogP contribution in [0.1, 0.15) is 61.9 Å². The van der Waals surface area contributed by atoms with Crippen molar-refractivity contribution in [3.05, 3.63) is 63.9 Å². The quantitative estimate of drug-likeness (QED) is 0.135. The fraction of sp³-hybridized carbons (Fsp3) is 0.414. The number of amides is 2. The van der Waals surface area contributed by atoms with E-state index in [2.05, 4.69) is 35.0 Å². The number of hydrazone groups is 1. The zero-order valence-electron chi connectivity index (χ0n) is 24.0. The molecule has 2 amide bonds. The molecule has 0 aromatic heterocycles. The van der Waals surface area contributed by atoms with Gasteiger partial charge in [-0.05, 0) is 73.2 Å². The molecule has 40 heavy (non-hydrogen) atoms. The minimum atomic E-state index is -1.10. The number of ether oxygens (including phenoxy) is 4. The lowest BCUT2D eigenvalue weighted by Gasteiger charge is -2.28. The van der Waals surface area contributed by atoms with Crippen LogP contribution in [0.4, 0.5) is 4.79 Å². The third-order valence-corrected chi connectivity index (χ3v) is 6.34. The summed E-state index contributed by atoms with van der Waals surface area (Å²) in [6.45, 7) is 9.84. The predicted molar refractivity (Wildman–Crippen MR) is 151 cm³/mol. The molecule has 4 N–H and O–H groups in total. The number of urea groups is 1. The Kier molecular flexibility index (Phi) is 10.4. The Morgan fingerprint density at radius 2 is 1.88 bits per heavy atom. The normalized spacial score (nSPS) is 15.9. The molecule has 2 aromatic rings. The summed E-state index contributed by atoms with van der Waals surface area (Å²) in [6, 6.07) is 7.86. The van der Waals surface area contributed by atoms with E-state index in [1.165, 1.54) is 7.11 Å². The van der Waals surface area contributed by atoms with Crippen LogP contribution in [0.15, 0.2) is 46.7 Å². The number of aryl methyl sites for hydroxylation is 1. The molecule has 2 aromatic carbocycles. The Labute approximate surface area is 234 Å². The van der Waals surface area contributed by atoms with E-state index in [1.807, 2.05) is 26.0 Å². The van der Waals surface area contributed by atoms with E-state index < -0.39 is 24.3 Å². The maximum Gasteiger partial charge on any atom is 0.337 e. The first kappa shape index (κ1) is 30.3. The monoisotopic (exact) mass is 554 g/mol. The van der Waals surface area contributed by atoms with Gasteiger partial charge in [-0.15, -0.1) is 0 Å². The van der Waals surface area contributed by atoms with Crippen molar-refractivity contribution in [1.29, 1.82) is 0 Å². The minimum absolute atomic E-state index is 0.119. The van der Waals surface area contributed by atoms with Gasteiger partial charge in [0.25, 0.3) is 0 Å². The first-order valence-corrected chi connectivity index (χ1v) is 13.0. The van der Waals surface area contributed by atoms with Gasteiger partial charge in [-0.3, -0.25) is 5.43 Å². The molecule has 1 aliphatic heterocycles. The summed E-state index contributed by atoms with van der Waals surface area (Å²) < 4.78 is 22.0. The largest absolute Gasteiger partial charge is 0.496 e. The molecule has 1 heterocycles. The van der Waals surface area contributed by atoms with Gasteiger partial charge >= 0.3 is 12.0 Å². The Morgan fingerprint density at radius 3 is 2.52 bits per heavy atom. The van der Waals surface area contributed by atoms with Crippen LogP contribution >= 0.6 is 0 Å². The van der Waals surface area contributed by atoms with Gasteiger partial charge in [-0.2, -0.15) is 5.10 Å². The maximum atomic E-state index is 12.4. The number of esters is 1. The number of nitrogens with zero attached hydrogens (tertiary/aromatic N) is 1. The zero-order valence-corrected chi connectivity index (χ0v) is 24.0. The van der Waals surface area contributed by atoms with Crippen LogP contribution in [0.5, 0.6) is 17.2 Å². The molecule has 11 nitrogen and oxygen atoms in total. The highest BCUT2D eigenvalue weighted by molar-refractivity contribution is 5.95. The lowest BCUT2D eigenvalue weighted by Crippen LogP contribution is -2.45. The standard InChI is InChI=1S/C29H38N4O7/c1-8-39-24-13-19(27-26(28(35)38-7)18(5)31-29(36)32-27)9-10-22(24)40-15-25(34)33-30-14-20-12-21(16(2)3)23(37-6)11-17(20)4/h9-14,16,25,27,33-34H,8,15H2,1-7H3,(H2,31,32,36)/b30-14-/t25-,27-/m0/s1. The lowest BCUT2D eigenvalue weighted by molar-refractivity contribution is -0.136. The van der Waals surface area contributed by atoms with Gasteiger partial charge in [0.1, 0.15) is 12.4 Å². The number of methoxy groups -OCH3 is 2. The molecule has 0 aliphatic carbocycles. The highest BCUT2D eigenvalue weighted by Crippen LogP contribution is 2.35. The van der Waals surface area contributed by atoms with Crippen molar-refractivity contribution in [2.24, 2.45) is 5.10 Å². The number of carbonyl (C=O) groups is 2. The Bertz CT molecular complexity index is 1290. The second kappa shape index (κ2) is 13.7. The highest BCUT2D eigenvalue weighted by Gasteiger charge is 2.32. The molecule has 216 valence electrons. The molecule has 3 rings (SSSR count). The van der Waals surface area contributed by atoms with Crippen LogP contribution in [-0.4, -0.2) is 57.0 Å². The second-order valence-corrected chi connectivity index (χ2v) is 9.52. The molecule has 1 aliphatic rings. The number of hydrogen-bond acceptors (Lipinski definition) is 9. The van der Waals surface area contributed by atoms with E-state index in [-0.39, 0.29) is 18.1 Å². The second-order valence-electron chi connectivity index (χ2n) is 9.52. The Balaban J connectivity index is 1.71. The summed E-state index contributed by atoms with van der Waals surface area (Å²) in [4.78, 5) is 24.5. The van der Waals surface area contributed by atoms with Crippen LogP contribution in [0.25, 0.3) is 0 Å². The summed E-state index contributed by atoms with van der Waals surface area (Å²) in [7, 11) is 2.93. The molecule has 0 saturated heterocycles. The predicted octanol–water partition coefficient (Wildman–Crippen LogP) is 3.65. The molecule has 11 heteroatoms. The molecule has 0 bridgehead atoms. The SMILES string of the molecule is CCOc1cc([C@@H]2NC(=O)NC(C)=C2C(=O)OC)ccc1OC[C@H](O)N/N=C\c1cc(C(C)C)c(OC)cc1C. The lowest BCUT2D eigenvalue weighted by atomic mass is 9.95. The van der Waals surface area contributed by atoms with Crippen LogP contribution in [0, 0.1) is 6.92 Å². The van der Waals surface area contributed by atoms with E-state index in [1.54, 1.807) is 38.4 Å². The van der Waals surface area contributed by atoms with Gasteiger partial charge in [0.15, 0.2) is 17.7 Å². The molecule has 0 saturated carbocycles. The highest BCUT2D eigenvalue weighted by atomic mass is 16.5. The van der Waals surface area contributed by atoms with Crippen molar-refractivity contribution >= 4 is 18.2 Å². The summed E-state index contributed by atoms with van der Waals surface area (Å²) in [5, 5.41) is 19.9. The molecule has 0 radical (unpaired) electrons. The molecular weight excluding hydrogens is 516 g/mol. The Hall–Kier alpha value is -4.25. The average Bonchev–Trinajstić information content (AvgIpc) is 2.92. The number of carbonyl (C=O) groups excluding carboxylic acids is 2. The molecule has 0 spiro atoms. The molecule has 0 fully saturated rings.